The highest BCUT2D eigenvalue weighted by atomic mass is 31.2. The van der Waals surface area contributed by atoms with E-state index in [-0.39, 0.29) is 13.5 Å². The van der Waals surface area contributed by atoms with Crippen molar-refractivity contribution in [3.63, 3.8) is 0 Å². The Balaban J connectivity index is 0. The van der Waals surface area contributed by atoms with Crippen LogP contribution in [0.2, 0.25) is 0 Å². The largest absolute Gasteiger partial charge is 1.00 e. The van der Waals surface area contributed by atoms with Gasteiger partial charge in [-0.2, -0.15) is 0 Å². The van der Waals surface area contributed by atoms with Gasteiger partial charge in [-0.25, -0.2) is 0 Å². The maximum Gasteiger partial charge on any atom is 1.00 e. The molecule has 0 bridgehead atoms. The summed E-state index contributed by atoms with van der Waals surface area (Å²) in [6.45, 7) is 4.07. The first-order chi connectivity index (χ1) is 5.49. The summed E-state index contributed by atoms with van der Waals surface area (Å²) < 4.78 is 10.7. The van der Waals surface area contributed by atoms with Crippen molar-refractivity contribution in [1.29, 1.82) is 0 Å². The second-order valence-corrected chi connectivity index (χ2v) is 4.96. The molecule has 4 heteroatoms. The van der Waals surface area contributed by atoms with Gasteiger partial charge in [0.15, 0.2) is 0 Å². The first kappa shape index (κ1) is 12.2. The van der Waals surface area contributed by atoms with Crippen molar-refractivity contribution in [3.05, 3.63) is 0 Å². The monoisotopic (exact) mass is 195 g/mol. The molecule has 0 spiro atoms. The van der Waals surface area contributed by atoms with E-state index in [0.29, 0.717) is 0 Å². The van der Waals surface area contributed by atoms with Gasteiger partial charge in [-0.15, -0.1) is 0 Å². The lowest BCUT2D eigenvalue weighted by Gasteiger charge is -2.14. The topological polar surface area (TPSA) is 57.5 Å². The Bertz CT molecular complexity index is 157. The first-order valence-corrected chi connectivity index (χ1v) is 6.34. The van der Waals surface area contributed by atoms with E-state index >= 15 is 0 Å². The van der Waals surface area contributed by atoms with E-state index in [2.05, 4.69) is 6.92 Å². The molecular weight excluding hydrogens is 175 g/mol. The van der Waals surface area contributed by atoms with E-state index < -0.39 is 7.60 Å². The van der Waals surface area contributed by atoms with Crippen LogP contribution in [0.1, 0.15) is 41.0 Å². The molecule has 0 aliphatic heterocycles. The number of rotatable bonds is 6. The van der Waals surface area contributed by atoms with E-state index in [1.807, 2.05) is 6.92 Å². The van der Waals surface area contributed by atoms with Crippen LogP contribution in [0.15, 0.2) is 0 Å². The lowest BCUT2D eigenvalue weighted by atomic mass is 10.0. The Morgan fingerprint density at radius 1 is 1.42 bits per heavy atom. The fraction of sp³-hybridized carbons (Fsp3) is 1.00. The zero-order valence-electron chi connectivity index (χ0n) is 8.86. The zero-order valence-corrected chi connectivity index (χ0v) is 8.76. The summed E-state index contributed by atoms with van der Waals surface area (Å²) >= 11 is 0. The maximum absolute atomic E-state index is 10.7. The van der Waals surface area contributed by atoms with E-state index in [0.717, 1.165) is 25.7 Å². The standard InChI is InChI=1S/C8H19O3P/c1-3-5-6-8(4-2)7-12(9,10)11/h8H,3-7H2,1-2H3,(H2,9,10,11)/p+1. The summed E-state index contributed by atoms with van der Waals surface area (Å²) in [6.07, 6.45) is 4.03. The fourth-order valence-corrected chi connectivity index (χ4v) is 2.37. The second-order valence-electron chi connectivity index (χ2n) is 3.26. The van der Waals surface area contributed by atoms with Crippen LogP contribution in [-0.4, -0.2) is 15.9 Å². The van der Waals surface area contributed by atoms with Gasteiger partial charge in [0, 0.05) is 0 Å². The summed E-state index contributed by atoms with van der Waals surface area (Å²) in [7, 11) is -3.78. The lowest BCUT2D eigenvalue weighted by Crippen LogP contribution is -2.05. The number of hydrogen-bond acceptors (Lipinski definition) is 1. The zero-order chi connectivity index (χ0) is 9.61. The number of unbranched alkanes of at least 4 members (excludes halogenated alkanes) is 1. The molecule has 2 N–H and O–H groups in total. The third-order valence-corrected chi connectivity index (χ3v) is 3.03. The highest BCUT2D eigenvalue weighted by Gasteiger charge is 2.19. The summed E-state index contributed by atoms with van der Waals surface area (Å²) in [5.41, 5.74) is 0. The quantitative estimate of drug-likeness (QED) is 0.640. The van der Waals surface area contributed by atoms with Crippen molar-refractivity contribution >= 4 is 7.60 Å². The molecule has 0 aromatic heterocycles. The predicted octanol–water partition coefficient (Wildman–Crippen LogP) is 2.49. The molecule has 0 heterocycles. The Hall–Kier alpha value is 0.150. The summed E-state index contributed by atoms with van der Waals surface area (Å²) in [4.78, 5) is 17.5. The van der Waals surface area contributed by atoms with Crippen molar-refractivity contribution in [2.45, 2.75) is 39.5 Å². The summed E-state index contributed by atoms with van der Waals surface area (Å²) in [5.74, 6) is 0.200. The van der Waals surface area contributed by atoms with Gasteiger partial charge in [0.25, 0.3) is 0 Å². The Labute approximate surface area is 75.8 Å². The van der Waals surface area contributed by atoms with Gasteiger partial charge < -0.3 is 9.79 Å². The van der Waals surface area contributed by atoms with E-state index in [1.54, 1.807) is 0 Å². The minimum atomic E-state index is -3.78. The van der Waals surface area contributed by atoms with E-state index in [4.69, 9.17) is 9.79 Å². The van der Waals surface area contributed by atoms with E-state index in [1.165, 1.54) is 0 Å². The molecule has 3 nitrogen and oxygen atoms in total. The SMILES string of the molecule is CCCCC(CC)CP(=O)(O)O.[H+]. The van der Waals surface area contributed by atoms with Crippen LogP contribution in [0.3, 0.4) is 0 Å². The van der Waals surface area contributed by atoms with Gasteiger partial charge in [-0.05, 0) is 12.3 Å². The third-order valence-electron chi connectivity index (χ3n) is 2.04. The van der Waals surface area contributed by atoms with Gasteiger partial charge >= 0.3 is 9.02 Å². The van der Waals surface area contributed by atoms with Gasteiger partial charge in [0.2, 0.25) is 0 Å². The van der Waals surface area contributed by atoms with Gasteiger partial charge in [0.05, 0.1) is 6.16 Å². The Morgan fingerprint density at radius 2 is 2.00 bits per heavy atom. The average molecular weight is 195 g/mol. The molecule has 0 rings (SSSR count). The third kappa shape index (κ3) is 6.84. The van der Waals surface area contributed by atoms with Crippen LogP contribution in [-0.2, 0) is 4.57 Å². The molecule has 12 heavy (non-hydrogen) atoms. The Kier molecular flexibility index (Phi) is 5.81. The van der Waals surface area contributed by atoms with Crippen molar-refractivity contribution < 1.29 is 15.8 Å². The second kappa shape index (κ2) is 5.74. The molecule has 74 valence electrons. The van der Waals surface area contributed by atoms with Crippen LogP contribution in [0.25, 0.3) is 0 Å². The minimum Gasteiger partial charge on any atom is -0.324 e. The van der Waals surface area contributed by atoms with Gasteiger partial charge in [0.1, 0.15) is 0 Å². The van der Waals surface area contributed by atoms with E-state index in [9.17, 15) is 4.57 Å². The van der Waals surface area contributed by atoms with Crippen LogP contribution in [0, 0.1) is 5.92 Å². The van der Waals surface area contributed by atoms with Crippen molar-refractivity contribution in [1.82, 2.24) is 0 Å². The highest BCUT2D eigenvalue weighted by molar-refractivity contribution is 7.51. The molecule has 1 unspecified atom stereocenters. The highest BCUT2D eigenvalue weighted by Crippen LogP contribution is 2.38. The molecule has 0 aliphatic rings. The summed E-state index contributed by atoms with van der Waals surface area (Å²) in [5, 5.41) is 0. The fourth-order valence-electron chi connectivity index (χ4n) is 1.25. The molecule has 0 saturated heterocycles. The van der Waals surface area contributed by atoms with Crippen LogP contribution in [0.5, 0.6) is 0 Å². The van der Waals surface area contributed by atoms with Crippen LogP contribution in [0.4, 0.5) is 0 Å². The molecular formula is C8H20O3P+. The van der Waals surface area contributed by atoms with Gasteiger partial charge in [-0.1, -0.05) is 33.1 Å². The average Bonchev–Trinajstić information content (AvgIpc) is 1.95. The molecule has 0 radical (unpaired) electrons. The van der Waals surface area contributed by atoms with Crippen molar-refractivity contribution in [2.24, 2.45) is 5.92 Å². The van der Waals surface area contributed by atoms with Crippen LogP contribution < -0.4 is 0 Å². The molecule has 0 aromatic rings. The minimum absolute atomic E-state index is 0. The molecule has 0 saturated carbocycles. The molecule has 1 atom stereocenters. The smallest absolute Gasteiger partial charge is 0.324 e. The van der Waals surface area contributed by atoms with Gasteiger partial charge in [-0.3, -0.25) is 4.57 Å². The first-order valence-electron chi connectivity index (χ1n) is 4.54. The molecule has 0 aliphatic carbocycles. The lowest BCUT2D eigenvalue weighted by molar-refractivity contribution is 0.354. The number of hydrogen-bond donors (Lipinski definition) is 2. The van der Waals surface area contributed by atoms with Crippen molar-refractivity contribution in [3.8, 4) is 0 Å². The normalized spacial score (nSPS) is 14.7. The molecule has 0 fully saturated rings. The van der Waals surface area contributed by atoms with Crippen LogP contribution >= 0.6 is 7.60 Å². The maximum atomic E-state index is 10.7. The Morgan fingerprint density at radius 3 is 2.33 bits per heavy atom. The summed E-state index contributed by atoms with van der Waals surface area (Å²) in [6, 6.07) is 0. The molecule has 0 aromatic carbocycles. The van der Waals surface area contributed by atoms with Crippen molar-refractivity contribution in [2.75, 3.05) is 6.16 Å². The predicted molar refractivity (Wildman–Crippen MR) is 51.3 cm³/mol. The molecule has 0 amide bonds.